The van der Waals surface area contributed by atoms with Crippen molar-refractivity contribution in [3.05, 3.63) is 0 Å². The normalized spacial score (nSPS) is 56.1. The van der Waals surface area contributed by atoms with Gasteiger partial charge in [0.2, 0.25) is 0 Å². The van der Waals surface area contributed by atoms with Crippen molar-refractivity contribution < 1.29 is 9.90 Å². The number of Topliss-reactive ketones (excluding diaryl/α,β-unsaturated/α-hetero) is 1. The molecular weight excluding hydrogens is 212 g/mol. The molecule has 3 aliphatic rings. The molecule has 5 unspecified atom stereocenters. The summed E-state index contributed by atoms with van der Waals surface area (Å²) >= 11 is 0. The Morgan fingerprint density at radius 2 is 1.94 bits per heavy atom. The molecule has 1 N–H and O–H groups in total. The zero-order chi connectivity index (χ0) is 12.6. The second-order valence-electron chi connectivity index (χ2n) is 7.47. The van der Waals surface area contributed by atoms with Crippen molar-refractivity contribution in [3.8, 4) is 0 Å². The zero-order valence-electron chi connectivity index (χ0n) is 11.4. The van der Waals surface area contributed by atoms with Crippen molar-refractivity contribution >= 4 is 5.78 Å². The quantitative estimate of drug-likeness (QED) is 0.702. The van der Waals surface area contributed by atoms with Gasteiger partial charge in [0.25, 0.3) is 0 Å². The van der Waals surface area contributed by atoms with Gasteiger partial charge >= 0.3 is 0 Å². The minimum atomic E-state index is -1.03. The summed E-state index contributed by atoms with van der Waals surface area (Å²) in [4.78, 5) is 12.4. The summed E-state index contributed by atoms with van der Waals surface area (Å²) in [5.74, 6) is 1.63. The van der Waals surface area contributed by atoms with E-state index in [2.05, 4.69) is 27.7 Å². The second-order valence-corrected chi connectivity index (χ2v) is 7.47. The summed E-state index contributed by atoms with van der Waals surface area (Å²) in [6.07, 6.45) is 3.45. The lowest BCUT2D eigenvalue weighted by Gasteiger charge is -2.54. The van der Waals surface area contributed by atoms with Crippen LogP contribution in [0.25, 0.3) is 0 Å². The van der Waals surface area contributed by atoms with Crippen molar-refractivity contribution in [1.29, 1.82) is 0 Å². The molecule has 0 bridgehead atoms. The molecule has 2 heteroatoms. The van der Waals surface area contributed by atoms with Gasteiger partial charge in [-0.2, -0.15) is 0 Å². The Balaban J connectivity index is 2.11. The van der Waals surface area contributed by atoms with Crippen molar-refractivity contribution in [2.75, 3.05) is 0 Å². The van der Waals surface area contributed by atoms with E-state index in [9.17, 15) is 9.90 Å². The van der Waals surface area contributed by atoms with Crippen LogP contribution in [0.15, 0.2) is 0 Å². The van der Waals surface area contributed by atoms with Crippen molar-refractivity contribution in [2.24, 2.45) is 28.6 Å². The molecule has 0 saturated heterocycles. The number of carbonyl (C=O) groups excluding carboxylic acids is 1. The molecule has 0 radical (unpaired) electrons. The number of hydrogen-bond acceptors (Lipinski definition) is 2. The molecule has 0 aromatic heterocycles. The van der Waals surface area contributed by atoms with Gasteiger partial charge in [-0.15, -0.1) is 0 Å². The van der Waals surface area contributed by atoms with Crippen LogP contribution < -0.4 is 0 Å². The first kappa shape index (κ1) is 11.7. The van der Waals surface area contributed by atoms with Gasteiger partial charge in [0, 0.05) is 11.8 Å². The second kappa shape index (κ2) is 2.96. The van der Waals surface area contributed by atoms with Gasteiger partial charge < -0.3 is 5.11 Å². The maximum atomic E-state index is 12.4. The van der Waals surface area contributed by atoms with Crippen LogP contribution >= 0.6 is 0 Å². The topological polar surface area (TPSA) is 37.3 Å². The first-order valence-electron chi connectivity index (χ1n) is 7.02. The molecule has 0 aromatic rings. The highest BCUT2D eigenvalue weighted by Gasteiger charge is 2.76. The lowest BCUT2D eigenvalue weighted by atomic mass is 9.52. The predicted octanol–water partition coefficient (Wildman–Crippen LogP) is 2.79. The first-order valence-corrected chi connectivity index (χ1v) is 7.02. The number of hydrogen-bond donors (Lipinski definition) is 1. The van der Waals surface area contributed by atoms with Crippen molar-refractivity contribution in [3.63, 3.8) is 0 Å². The standard InChI is InChI=1S/C15H24O2/c1-9-6-5-7-15(17)11(16)8-10-12(13(10,2)3)14(9,15)4/h9-10,12,17H,5-8H2,1-4H3. The molecule has 3 saturated carbocycles. The van der Waals surface area contributed by atoms with Crippen molar-refractivity contribution in [2.45, 2.75) is 59.0 Å². The lowest BCUT2D eigenvalue weighted by molar-refractivity contribution is -0.181. The summed E-state index contributed by atoms with van der Waals surface area (Å²) < 4.78 is 0. The summed E-state index contributed by atoms with van der Waals surface area (Å²) in [6, 6.07) is 0. The van der Waals surface area contributed by atoms with Crippen LogP contribution in [0.1, 0.15) is 53.4 Å². The molecule has 96 valence electrons. The van der Waals surface area contributed by atoms with Gasteiger partial charge in [-0.1, -0.05) is 27.7 Å². The Bertz CT molecular complexity index is 386. The molecule has 5 atom stereocenters. The number of aliphatic hydroxyl groups is 1. The van der Waals surface area contributed by atoms with Crippen LogP contribution in [-0.2, 0) is 4.79 Å². The molecule has 17 heavy (non-hydrogen) atoms. The van der Waals surface area contributed by atoms with E-state index in [1.54, 1.807) is 0 Å². The largest absolute Gasteiger partial charge is 0.381 e. The maximum Gasteiger partial charge on any atom is 0.165 e. The van der Waals surface area contributed by atoms with Gasteiger partial charge in [-0.05, 0) is 42.4 Å². The Morgan fingerprint density at radius 1 is 1.29 bits per heavy atom. The number of fused-ring (bicyclic) bond motifs is 3. The van der Waals surface area contributed by atoms with Gasteiger partial charge in [-0.3, -0.25) is 4.79 Å². The van der Waals surface area contributed by atoms with E-state index >= 15 is 0 Å². The predicted molar refractivity (Wildman–Crippen MR) is 66.5 cm³/mol. The third kappa shape index (κ3) is 1.09. The average molecular weight is 236 g/mol. The molecule has 0 heterocycles. The van der Waals surface area contributed by atoms with Crippen LogP contribution in [0, 0.1) is 28.6 Å². The Kier molecular flexibility index (Phi) is 2.04. The Hall–Kier alpha value is -0.370. The molecule has 2 nitrogen and oxygen atoms in total. The molecule has 0 amide bonds. The number of rotatable bonds is 0. The third-order valence-corrected chi connectivity index (χ3v) is 6.65. The minimum absolute atomic E-state index is 0.123. The van der Waals surface area contributed by atoms with Crippen LogP contribution in [0.3, 0.4) is 0 Å². The van der Waals surface area contributed by atoms with Gasteiger partial charge in [0.15, 0.2) is 5.78 Å². The van der Waals surface area contributed by atoms with Crippen molar-refractivity contribution in [1.82, 2.24) is 0 Å². The molecule has 3 rings (SSSR count). The summed E-state index contributed by atoms with van der Waals surface area (Å²) in [5.41, 5.74) is -0.963. The monoisotopic (exact) mass is 236 g/mol. The fourth-order valence-electron chi connectivity index (χ4n) is 5.33. The molecule has 0 aliphatic heterocycles. The van der Waals surface area contributed by atoms with E-state index < -0.39 is 5.60 Å². The van der Waals surface area contributed by atoms with Crippen LogP contribution in [0.2, 0.25) is 0 Å². The maximum absolute atomic E-state index is 12.4. The zero-order valence-corrected chi connectivity index (χ0v) is 11.4. The fourth-order valence-corrected chi connectivity index (χ4v) is 5.33. The van der Waals surface area contributed by atoms with Gasteiger partial charge in [0.1, 0.15) is 5.60 Å². The van der Waals surface area contributed by atoms with E-state index in [-0.39, 0.29) is 16.6 Å². The molecule has 0 spiro atoms. The first-order chi connectivity index (χ1) is 7.76. The number of carbonyl (C=O) groups is 1. The summed E-state index contributed by atoms with van der Waals surface area (Å²) in [5, 5.41) is 11.0. The Morgan fingerprint density at radius 3 is 2.59 bits per heavy atom. The highest BCUT2D eigenvalue weighted by Crippen LogP contribution is 2.75. The van der Waals surface area contributed by atoms with E-state index in [0.29, 0.717) is 30.6 Å². The molecule has 3 aliphatic carbocycles. The van der Waals surface area contributed by atoms with Gasteiger partial charge in [0.05, 0.1) is 0 Å². The smallest absolute Gasteiger partial charge is 0.165 e. The molecule has 0 aromatic carbocycles. The average Bonchev–Trinajstić information content (AvgIpc) is 2.76. The van der Waals surface area contributed by atoms with Crippen LogP contribution in [0.4, 0.5) is 0 Å². The van der Waals surface area contributed by atoms with E-state index in [1.807, 2.05) is 0 Å². The highest BCUT2D eigenvalue weighted by atomic mass is 16.3. The summed E-state index contributed by atoms with van der Waals surface area (Å²) in [6.45, 7) is 8.95. The van der Waals surface area contributed by atoms with Gasteiger partial charge in [-0.25, -0.2) is 0 Å². The number of ketones is 1. The van der Waals surface area contributed by atoms with Crippen LogP contribution in [0.5, 0.6) is 0 Å². The van der Waals surface area contributed by atoms with E-state index in [4.69, 9.17) is 0 Å². The SMILES string of the molecule is CC1CCCC2(O)C(=O)CC3C(C3(C)C)C12C. The van der Waals surface area contributed by atoms with Crippen LogP contribution in [-0.4, -0.2) is 16.5 Å². The van der Waals surface area contributed by atoms with E-state index in [1.165, 1.54) is 0 Å². The third-order valence-electron chi connectivity index (χ3n) is 6.65. The highest BCUT2D eigenvalue weighted by molar-refractivity contribution is 5.90. The Labute approximate surface area is 104 Å². The fraction of sp³-hybridized carbons (Fsp3) is 0.933. The minimum Gasteiger partial charge on any atom is -0.381 e. The molecular formula is C15H24O2. The molecule has 3 fully saturated rings. The van der Waals surface area contributed by atoms with E-state index in [0.717, 1.165) is 12.8 Å². The summed E-state index contributed by atoms with van der Waals surface area (Å²) in [7, 11) is 0. The lowest BCUT2D eigenvalue weighted by Crippen LogP contribution is -2.61.